The fourth-order valence-electron chi connectivity index (χ4n) is 3.17. The van der Waals surface area contributed by atoms with Crippen LogP contribution < -0.4 is 0 Å². The van der Waals surface area contributed by atoms with Gasteiger partial charge in [0.1, 0.15) is 17.9 Å². The number of thioether (sulfide) groups is 1. The van der Waals surface area contributed by atoms with E-state index in [-0.39, 0.29) is 11.9 Å². The number of halogens is 1. The highest BCUT2D eigenvalue weighted by molar-refractivity contribution is 7.98. The topological polar surface area (TPSA) is 60.7 Å². The summed E-state index contributed by atoms with van der Waals surface area (Å²) in [5, 5.41) is 0.652. The Morgan fingerprint density at radius 1 is 1.24 bits per heavy atom. The number of rotatable bonds is 4. The first kappa shape index (κ1) is 16.0. The van der Waals surface area contributed by atoms with E-state index in [2.05, 4.69) is 9.97 Å². The van der Waals surface area contributed by atoms with Gasteiger partial charge in [0.25, 0.3) is 0 Å². The van der Waals surface area contributed by atoms with Gasteiger partial charge in [-0.3, -0.25) is 0 Å². The van der Waals surface area contributed by atoms with Crippen molar-refractivity contribution in [2.45, 2.75) is 24.0 Å². The molecule has 0 radical (unpaired) electrons. The Hall–Kier alpha value is -2.54. The third kappa shape index (κ3) is 2.74. The van der Waals surface area contributed by atoms with Crippen molar-refractivity contribution in [3.05, 3.63) is 48.2 Å². The van der Waals surface area contributed by atoms with Crippen LogP contribution in [0.4, 0.5) is 4.39 Å². The minimum Gasteiger partial charge on any atom is -0.316 e. The van der Waals surface area contributed by atoms with Gasteiger partial charge in [0, 0.05) is 18.2 Å². The van der Waals surface area contributed by atoms with Gasteiger partial charge < -0.3 is 9.36 Å². The molecule has 25 heavy (non-hydrogen) atoms. The number of aromatic nitrogens is 4. The molecule has 3 aromatic rings. The van der Waals surface area contributed by atoms with Crippen LogP contribution in [0.3, 0.4) is 0 Å². The molecule has 1 atom stereocenters. The normalized spacial score (nSPS) is 16.0. The van der Waals surface area contributed by atoms with Crippen molar-refractivity contribution < 1.29 is 9.18 Å². The highest BCUT2D eigenvalue weighted by Gasteiger charge is 2.30. The Bertz CT molecular complexity index is 939. The lowest BCUT2D eigenvalue weighted by Crippen LogP contribution is -2.08. The van der Waals surface area contributed by atoms with Crippen LogP contribution in [0.1, 0.15) is 18.3 Å². The van der Waals surface area contributed by atoms with Crippen LogP contribution in [0.5, 0.6) is 0 Å². The van der Waals surface area contributed by atoms with E-state index in [0.29, 0.717) is 16.5 Å². The number of nitrogens with zero attached hydrogens (tertiary/aromatic N) is 4. The molecule has 0 fully saturated rings. The number of aldehydes is 1. The standard InChI is InChI=1S/C18H15FN4OS/c1-25-18-20-9-8-14(21-18)17-16(11-2-4-12(19)5-3-11)22-15-7-6-13(10-24)23(15)17/h2-5,8-10,13H,6-7H2,1H3/t13-/m1/s1. The van der Waals surface area contributed by atoms with Crippen LogP contribution in [0.15, 0.2) is 41.7 Å². The van der Waals surface area contributed by atoms with Gasteiger partial charge in [-0.2, -0.15) is 0 Å². The maximum Gasteiger partial charge on any atom is 0.187 e. The zero-order valence-corrected chi connectivity index (χ0v) is 14.3. The second kappa shape index (κ2) is 6.40. The molecule has 0 bridgehead atoms. The van der Waals surface area contributed by atoms with Crippen molar-refractivity contribution in [2.75, 3.05) is 6.26 Å². The smallest absolute Gasteiger partial charge is 0.187 e. The molecule has 126 valence electrons. The molecular formula is C18H15FN4OS. The summed E-state index contributed by atoms with van der Waals surface area (Å²) in [5.74, 6) is 0.560. The predicted molar refractivity (Wildman–Crippen MR) is 93.9 cm³/mol. The summed E-state index contributed by atoms with van der Waals surface area (Å²) >= 11 is 1.45. The highest BCUT2D eigenvalue weighted by atomic mass is 32.2. The molecule has 7 heteroatoms. The molecule has 0 aliphatic carbocycles. The second-order valence-electron chi connectivity index (χ2n) is 5.77. The Morgan fingerprint density at radius 2 is 2.04 bits per heavy atom. The van der Waals surface area contributed by atoms with Crippen LogP contribution in [-0.4, -0.2) is 32.1 Å². The molecule has 0 spiro atoms. The number of carbonyl (C=O) groups excluding carboxylic acids is 1. The van der Waals surface area contributed by atoms with E-state index in [0.717, 1.165) is 36.2 Å². The maximum absolute atomic E-state index is 13.3. The summed E-state index contributed by atoms with van der Waals surface area (Å²) in [6, 6.07) is 7.78. The molecule has 4 rings (SSSR count). The monoisotopic (exact) mass is 354 g/mol. The molecule has 2 aromatic heterocycles. The molecule has 0 amide bonds. The quantitative estimate of drug-likeness (QED) is 0.407. The number of imidazole rings is 1. The molecule has 3 heterocycles. The largest absolute Gasteiger partial charge is 0.316 e. The lowest BCUT2D eigenvalue weighted by atomic mass is 10.1. The summed E-state index contributed by atoms with van der Waals surface area (Å²) < 4.78 is 15.3. The van der Waals surface area contributed by atoms with E-state index in [9.17, 15) is 9.18 Å². The van der Waals surface area contributed by atoms with Crippen LogP contribution >= 0.6 is 11.8 Å². The highest BCUT2D eigenvalue weighted by Crippen LogP contribution is 2.38. The Morgan fingerprint density at radius 3 is 2.76 bits per heavy atom. The lowest BCUT2D eigenvalue weighted by molar-refractivity contribution is -0.110. The Balaban J connectivity index is 1.96. The fourth-order valence-corrected chi connectivity index (χ4v) is 3.53. The van der Waals surface area contributed by atoms with Crippen molar-refractivity contribution in [1.29, 1.82) is 0 Å². The van der Waals surface area contributed by atoms with Crippen molar-refractivity contribution in [2.24, 2.45) is 0 Å². The second-order valence-corrected chi connectivity index (χ2v) is 6.55. The van der Waals surface area contributed by atoms with Gasteiger partial charge in [0.05, 0.1) is 23.1 Å². The van der Waals surface area contributed by atoms with Gasteiger partial charge in [0.2, 0.25) is 0 Å². The van der Waals surface area contributed by atoms with Crippen molar-refractivity contribution >= 4 is 18.0 Å². The van der Waals surface area contributed by atoms with Crippen LogP contribution in [-0.2, 0) is 11.2 Å². The van der Waals surface area contributed by atoms with E-state index in [4.69, 9.17) is 4.98 Å². The van der Waals surface area contributed by atoms with Crippen LogP contribution in [0.2, 0.25) is 0 Å². The molecule has 0 saturated carbocycles. The van der Waals surface area contributed by atoms with Gasteiger partial charge in [0.15, 0.2) is 5.16 Å². The zero-order valence-electron chi connectivity index (χ0n) is 13.5. The first-order valence-electron chi connectivity index (χ1n) is 7.91. The van der Waals surface area contributed by atoms with Gasteiger partial charge in [-0.15, -0.1) is 0 Å². The SMILES string of the molecule is CSc1nccc(-c2c(-c3ccc(F)cc3)nc3n2[C@@H](C=O)CC3)n1. The Labute approximate surface area is 148 Å². The lowest BCUT2D eigenvalue weighted by Gasteiger charge is -2.12. The number of hydrogen-bond donors (Lipinski definition) is 0. The average molecular weight is 354 g/mol. The van der Waals surface area contributed by atoms with Gasteiger partial charge in [-0.25, -0.2) is 19.3 Å². The number of hydrogen-bond acceptors (Lipinski definition) is 5. The zero-order chi connectivity index (χ0) is 17.4. The van der Waals surface area contributed by atoms with Crippen molar-refractivity contribution in [1.82, 2.24) is 19.5 Å². The van der Waals surface area contributed by atoms with E-state index in [1.54, 1.807) is 18.3 Å². The fraction of sp³-hybridized carbons (Fsp3) is 0.222. The van der Waals surface area contributed by atoms with Gasteiger partial charge in [-0.1, -0.05) is 11.8 Å². The number of fused-ring (bicyclic) bond motifs is 1. The molecule has 0 unspecified atom stereocenters. The van der Waals surface area contributed by atoms with Crippen LogP contribution in [0.25, 0.3) is 22.6 Å². The van der Waals surface area contributed by atoms with Gasteiger partial charge in [-0.05, 0) is 43.0 Å². The molecule has 1 aliphatic heterocycles. The molecule has 0 N–H and O–H groups in total. The number of aryl methyl sites for hydroxylation is 1. The summed E-state index contributed by atoms with van der Waals surface area (Å²) in [6.07, 6.45) is 6.04. The van der Waals surface area contributed by atoms with Crippen molar-refractivity contribution in [3.8, 4) is 22.6 Å². The maximum atomic E-state index is 13.3. The number of carbonyl (C=O) groups is 1. The van der Waals surface area contributed by atoms with Gasteiger partial charge >= 0.3 is 0 Å². The summed E-state index contributed by atoms with van der Waals surface area (Å²) in [5.41, 5.74) is 3.01. The van der Waals surface area contributed by atoms with E-state index in [1.165, 1.54) is 23.9 Å². The van der Waals surface area contributed by atoms with Crippen molar-refractivity contribution in [3.63, 3.8) is 0 Å². The molecular weight excluding hydrogens is 339 g/mol. The number of benzene rings is 1. The summed E-state index contributed by atoms with van der Waals surface area (Å²) in [6.45, 7) is 0. The molecule has 5 nitrogen and oxygen atoms in total. The third-order valence-corrected chi connectivity index (χ3v) is 4.87. The van der Waals surface area contributed by atoms with Crippen LogP contribution in [0, 0.1) is 5.82 Å². The van der Waals surface area contributed by atoms with E-state index in [1.807, 2.05) is 16.9 Å². The summed E-state index contributed by atoms with van der Waals surface area (Å²) in [7, 11) is 0. The third-order valence-electron chi connectivity index (χ3n) is 4.31. The molecule has 1 aliphatic rings. The van der Waals surface area contributed by atoms with E-state index < -0.39 is 0 Å². The first-order valence-corrected chi connectivity index (χ1v) is 9.13. The predicted octanol–water partition coefficient (Wildman–Crippen LogP) is 3.55. The first-order chi connectivity index (χ1) is 12.2. The average Bonchev–Trinajstić information content (AvgIpc) is 3.21. The van der Waals surface area contributed by atoms with E-state index >= 15 is 0 Å². The minimum absolute atomic E-state index is 0.251. The minimum atomic E-state index is -0.297. The summed E-state index contributed by atoms with van der Waals surface area (Å²) in [4.78, 5) is 25.1. The Kier molecular flexibility index (Phi) is 4.09. The molecule has 1 aromatic carbocycles. The molecule has 0 saturated heterocycles.